The smallest absolute Gasteiger partial charge is 0.138 e. The van der Waals surface area contributed by atoms with Gasteiger partial charge in [0.05, 0.1) is 6.61 Å². The van der Waals surface area contributed by atoms with Crippen molar-refractivity contribution in [1.29, 1.82) is 0 Å². The molecule has 3 aromatic rings. The van der Waals surface area contributed by atoms with Crippen LogP contribution >= 0.6 is 0 Å². The molecule has 180 valence electrons. The zero-order valence-electron chi connectivity index (χ0n) is 20.0. The number of hydrogen-bond acceptors (Lipinski definition) is 6. The number of rotatable bonds is 6. The third kappa shape index (κ3) is 4.82. The van der Waals surface area contributed by atoms with Gasteiger partial charge in [-0.3, -0.25) is 5.01 Å². The number of aromatic nitrogens is 2. The standard InChI is InChI=1S/C28H31N5O2/c1-20(35)28-29-13-15-32(28)26(19-34)12-5-21-3-6-22(7-4-21)23-8-10-24(11-9-23)25-17-27(18-25)33-16-14-30-31(33)2/h3-4,6-11,13-16,20,25-27,30,34-35H,17-19H2,1-2H3/t20-,25?,26-,27?/m0/s1. The Kier molecular flexibility index (Phi) is 6.60. The molecule has 1 fully saturated rings. The van der Waals surface area contributed by atoms with Crippen LogP contribution in [0.4, 0.5) is 0 Å². The SMILES string of the molecule is C[C@H](O)c1nccn1[C@@H](C#Cc1ccc(-c2ccc(C3CC(N4C=CNN4C)C3)cc2)cc1)CO. The van der Waals surface area contributed by atoms with Crippen LogP contribution in [-0.4, -0.2) is 49.6 Å². The first-order valence-electron chi connectivity index (χ1n) is 12.0. The summed E-state index contributed by atoms with van der Waals surface area (Å²) < 4.78 is 1.72. The Labute approximate surface area is 206 Å². The maximum absolute atomic E-state index is 9.87. The minimum atomic E-state index is -0.724. The van der Waals surface area contributed by atoms with Gasteiger partial charge in [0.25, 0.3) is 0 Å². The Balaban J connectivity index is 1.22. The van der Waals surface area contributed by atoms with Gasteiger partial charge in [-0.05, 0) is 54.5 Å². The molecule has 0 bridgehead atoms. The van der Waals surface area contributed by atoms with Crippen molar-refractivity contribution in [2.24, 2.45) is 0 Å². The molecule has 7 nitrogen and oxygen atoms in total. The Morgan fingerprint density at radius 3 is 2.37 bits per heavy atom. The molecule has 5 rings (SSSR count). The van der Waals surface area contributed by atoms with E-state index >= 15 is 0 Å². The average molecular weight is 470 g/mol. The Hall–Kier alpha value is -3.57. The van der Waals surface area contributed by atoms with Crippen LogP contribution in [0.15, 0.2) is 73.3 Å². The summed E-state index contributed by atoms with van der Waals surface area (Å²) in [5, 5.41) is 24.0. The zero-order chi connectivity index (χ0) is 24.4. The molecule has 0 saturated heterocycles. The number of imidazole rings is 1. The van der Waals surface area contributed by atoms with Gasteiger partial charge >= 0.3 is 0 Å². The van der Waals surface area contributed by atoms with Crippen LogP contribution in [0.5, 0.6) is 0 Å². The molecule has 0 unspecified atom stereocenters. The van der Waals surface area contributed by atoms with Crippen LogP contribution in [-0.2, 0) is 0 Å². The van der Waals surface area contributed by atoms with Crippen molar-refractivity contribution in [2.45, 2.75) is 43.9 Å². The van der Waals surface area contributed by atoms with Gasteiger partial charge in [0.15, 0.2) is 0 Å². The van der Waals surface area contributed by atoms with Crippen LogP contribution in [0.25, 0.3) is 11.1 Å². The van der Waals surface area contributed by atoms with Crippen molar-refractivity contribution >= 4 is 0 Å². The minimum Gasteiger partial charge on any atom is -0.393 e. The highest BCUT2D eigenvalue weighted by Crippen LogP contribution is 2.41. The Bertz CT molecular complexity index is 1230. The van der Waals surface area contributed by atoms with Crippen molar-refractivity contribution in [3.05, 3.63) is 90.3 Å². The molecule has 2 aliphatic rings. The van der Waals surface area contributed by atoms with E-state index in [1.54, 1.807) is 23.9 Å². The zero-order valence-corrected chi connectivity index (χ0v) is 20.0. The van der Waals surface area contributed by atoms with Crippen molar-refractivity contribution < 1.29 is 10.2 Å². The topological polar surface area (TPSA) is 76.8 Å². The van der Waals surface area contributed by atoms with Gasteiger partial charge in [-0.1, -0.05) is 48.2 Å². The van der Waals surface area contributed by atoms with E-state index in [-0.39, 0.29) is 6.61 Å². The summed E-state index contributed by atoms with van der Waals surface area (Å²) in [5.74, 6) is 7.34. The fraction of sp³-hybridized carbons (Fsp3) is 0.321. The predicted octanol–water partition coefficient (Wildman–Crippen LogP) is 3.57. The Morgan fingerprint density at radius 1 is 1.09 bits per heavy atom. The molecule has 2 atom stereocenters. The molecule has 0 spiro atoms. The summed E-state index contributed by atoms with van der Waals surface area (Å²) in [6.07, 6.45) is 9.01. The maximum Gasteiger partial charge on any atom is 0.138 e. The van der Waals surface area contributed by atoms with Gasteiger partial charge in [0, 0.05) is 43.4 Å². The lowest BCUT2D eigenvalue weighted by Crippen LogP contribution is -2.49. The normalized spacial score (nSPS) is 21.1. The Morgan fingerprint density at radius 2 is 1.77 bits per heavy atom. The second-order valence-corrected chi connectivity index (χ2v) is 9.21. The molecule has 35 heavy (non-hydrogen) atoms. The van der Waals surface area contributed by atoms with Gasteiger partial charge in [-0.2, -0.15) is 0 Å². The van der Waals surface area contributed by atoms with Crippen LogP contribution < -0.4 is 5.43 Å². The van der Waals surface area contributed by atoms with E-state index in [0.717, 1.165) is 24.0 Å². The van der Waals surface area contributed by atoms with Crippen molar-refractivity contribution in [1.82, 2.24) is 25.1 Å². The number of benzene rings is 2. The number of nitrogens with zero attached hydrogens (tertiary/aromatic N) is 4. The predicted molar refractivity (Wildman–Crippen MR) is 135 cm³/mol. The van der Waals surface area contributed by atoms with Crippen molar-refractivity contribution in [2.75, 3.05) is 13.7 Å². The third-order valence-corrected chi connectivity index (χ3v) is 6.89. The van der Waals surface area contributed by atoms with Crippen LogP contribution in [0.1, 0.15) is 54.8 Å². The molecular weight excluding hydrogens is 438 g/mol. The van der Waals surface area contributed by atoms with E-state index < -0.39 is 12.1 Å². The summed E-state index contributed by atoms with van der Waals surface area (Å²) in [6.45, 7) is 1.50. The molecule has 1 saturated carbocycles. The first kappa shape index (κ1) is 23.2. The average Bonchev–Trinajstić information content (AvgIpc) is 3.49. The molecule has 0 radical (unpaired) electrons. The van der Waals surface area contributed by atoms with E-state index in [2.05, 4.69) is 69.9 Å². The fourth-order valence-electron chi connectivity index (χ4n) is 4.80. The molecule has 3 N–H and O–H groups in total. The van der Waals surface area contributed by atoms with Crippen molar-refractivity contribution in [3.8, 4) is 23.0 Å². The lowest BCUT2D eigenvalue weighted by Gasteiger charge is -2.43. The number of nitrogens with one attached hydrogen (secondary N) is 1. The van der Waals surface area contributed by atoms with Crippen LogP contribution in [0.3, 0.4) is 0 Å². The number of aliphatic hydroxyl groups excluding tert-OH is 2. The van der Waals surface area contributed by atoms with Gasteiger partial charge < -0.3 is 20.2 Å². The lowest BCUT2D eigenvalue weighted by atomic mass is 9.75. The number of hydrogen-bond donors (Lipinski definition) is 3. The summed E-state index contributed by atoms with van der Waals surface area (Å²) in [6, 6.07) is 17.2. The first-order chi connectivity index (χ1) is 17.0. The van der Waals surface area contributed by atoms with E-state index in [4.69, 9.17) is 0 Å². The summed E-state index contributed by atoms with van der Waals surface area (Å²) in [7, 11) is 2.04. The molecule has 1 aliphatic heterocycles. The number of aliphatic hydroxyl groups is 2. The van der Waals surface area contributed by atoms with E-state index in [1.807, 2.05) is 30.5 Å². The highest BCUT2D eigenvalue weighted by Gasteiger charge is 2.36. The highest BCUT2D eigenvalue weighted by molar-refractivity contribution is 5.64. The quantitative estimate of drug-likeness (QED) is 0.479. The maximum atomic E-state index is 9.87. The van der Waals surface area contributed by atoms with E-state index in [0.29, 0.717) is 17.8 Å². The molecule has 0 amide bonds. The fourth-order valence-corrected chi connectivity index (χ4v) is 4.80. The van der Waals surface area contributed by atoms with Gasteiger partial charge in [-0.25, -0.2) is 4.98 Å². The minimum absolute atomic E-state index is 0.155. The third-order valence-electron chi connectivity index (χ3n) is 6.89. The first-order valence-corrected chi connectivity index (χ1v) is 12.0. The monoisotopic (exact) mass is 469 g/mol. The lowest BCUT2D eigenvalue weighted by molar-refractivity contribution is -0.0357. The van der Waals surface area contributed by atoms with Crippen molar-refractivity contribution in [3.63, 3.8) is 0 Å². The molecular formula is C28H31N5O2. The number of hydrazine groups is 2. The summed E-state index contributed by atoms with van der Waals surface area (Å²) in [4.78, 5) is 4.16. The second kappa shape index (κ2) is 9.96. The molecule has 2 aromatic carbocycles. The highest BCUT2D eigenvalue weighted by atomic mass is 16.3. The molecule has 1 aliphatic carbocycles. The van der Waals surface area contributed by atoms with Crippen LogP contribution in [0.2, 0.25) is 0 Å². The summed E-state index contributed by atoms with van der Waals surface area (Å²) >= 11 is 0. The van der Waals surface area contributed by atoms with Gasteiger partial charge in [0.2, 0.25) is 0 Å². The molecule has 1 aromatic heterocycles. The largest absolute Gasteiger partial charge is 0.393 e. The molecule has 2 heterocycles. The van der Waals surface area contributed by atoms with Gasteiger partial charge in [-0.15, -0.1) is 5.12 Å². The van der Waals surface area contributed by atoms with E-state index in [9.17, 15) is 10.2 Å². The van der Waals surface area contributed by atoms with Crippen LogP contribution in [0, 0.1) is 11.8 Å². The second-order valence-electron chi connectivity index (χ2n) is 9.21. The van der Waals surface area contributed by atoms with E-state index in [1.165, 1.54) is 11.1 Å². The summed E-state index contributed by atoms with van der Waals surface area (Å²) in [5.41, 5.74) is 7.78. The van der Waals surface area contributed by atoms with Gasteiger partial charge in [0.1, 0.15) is 18.0 Å². The molecule has 7 heteroatoms.